The van der Waals surface area contributed by atoms with Crippen LogP contribution in [0, 0.1) is 20.8 Å². The Bertz CT molecular complexity index is 476. The number of hydrogen-bond donors (Lipinski definition) is 1. The zero-order chi connectivity index (χ0) is 13.3. The Morgan fingerprint density at radius 3 is 2.61 bits per heavy atom. The molecule has 0 bridgehead atoms. The fraction of sp³-hybridized carbons (Fsp3) is 0.533. The number of hydrogen-bond acceptors (Lipinski definition) is 2. The van der Waals surface area contributed by atoms with Gasteiger partial charge in [0.05, 0.1) is 6.04 Å². The van der Waals surface area contributed by atoms with Gasteiger partial charge in [-0.05, 0) is 56.8 Å². The van der Waals surface area contributed by atoms with Gasteiger partial charge in [0.2, 0.25) is 0 Å². The molecule has 0 aliphatic carbocycles. The third-order valence-electron chi connectivity index (χ3n) is 3.75. The highest BCUT2D eigenvalue weighted by atomic mass is 79.9. The van der Waals surface area contributed by atoms with E-state index in [2.05, 4.69) is 34.2 Å². The van der Waals surface area contributed by atoms with Crippen LogP contribution in [0.3, 0.4) is 0 Å². The van der Waals surface area contributed by atoms with Crippen LogP contribution in [0.1, 0.15) is 46.3 Å². The molecule has 3 heteroatoms. The van der Waals surface area contributed by atoms with Crippen LogP contribution in [0.2, 0.25) is 0 Å². The number of benzene rings is 1. The summed E-state index contributed by atoms with van der Waals surface area (Å²) in [5.41, 5.74) is 4.25. The van der Waals surface area contributed by atoms with Crippen molar-refractivity contribution in [2.45, 2.75) is 46.1 Å². The summed E-state index contributed by atoms with van der Waals surface area (Å²) < 4.78 is 1.06. The van der Waals surface area contributed by atoms with Crippen molar-refractivity contribution < 1.29 is 4.79 Å². The molecule has 1 heterocycles. The Balaban J connectivity index is 2.38. The second kappa shape index (κ2) is 5.54. The lowest BCUT2D eigenvalue weighted by atomic mass is 9.90. The first-order chi connectivity index (χ1) is 8.52. The summed E-state index contributed by atoms with van der Waals surface area (Å²) in [6.07, 6.45) is 3.29. The summed E-state index contributed by atoms with van der Waals surface area (Å²) in [5.74, 6) is 0.255. The molecule has 0 amide bonds. The molecule has 2 rings (SSSR count). The van der Waals surface area contributed by atoms with E-state index in [9.17, 15) is 4.79 Å². The van der Waals surface area contributed by atoms with Gasteiger partial charge in [-0.15, -0.1) is 0 Å². The predicted octanol–water partition coefficient (Wildman–Crippen LogP) is 3.70. The number of rotatable bonds is 2. The predicted molar refractivity (Wildman–Crippen MR) is 78.3 cm³/mol. The Morgan fingerprint density at radius 1 is 1.28 bits per heavy atom. The second-order valence-electron chi connectivity index (χ2n) is 5.19. The Morgan fingerprint density at radius 2 is 2.00 bits per heavy atom. The van der Waals surface area contributed by atoms with Gasteiger partial charge >= 0.3 is 0 Å². The average Bonchev–Trinajstić information content (AvgIpc) is 2.37. The number of halogens is 1. The minimum atomic E-state index is 0.00533. The van der Waals surface area contributed by atoms with Crippen molar-refractivity contribution in [1.82, 2.24) is 5.32 Å². The number of piperidine rings is 1. The first-order valence-corrected chi connectivity index (χ1v) is 7.35. The van der Waals surface area contributed by atoms with Crippen molar-refractivity contribution in [2.24, 2.45) is 0 Å². The van der Waals surface area contributed by atoms with Crippen molar-refractivity contribution in [3.8, 4) is 0 Å². The minimum absolute atomic E-state index is 0.00533. The molecule has 0 spiro atoms. The molecule has 1 aromatic carbocycles. The van der Waals surface area contributed by atoms with Gasteiger partial charge in [0.1, 0.15) is 0 Å². The van der Waals surface area contributed by atoms with E-state index in [-0.39, 0.29) is 11.8 Å². The molecule has 18 heavy (non-hydrogen) atoms. The maximum absolute atomic E-state index is 12.6. The van der Waals surface area contributed by atoms with E-state index in [0.717, 1.165) is 40.5 Å². The summed E-state index contributed by atoms with van der Waals surface area (Å²) in [4.78, 5) is 12.6. The van der Waals surface area contributed by atoms with Crippen LogP contribution >= 0.6 is 15.9 Å². The van der Waals surface area contributed by atoms with E-state index in [1.54, 1.807) is 0 Å². The number of aryl methyl sites for hydroxylation is 2. The third kappa shape index (κ3) is 2.52. The Kier molecular flexibility index (Phi) is 4.23. The van der Waals surface area contributed by atoms with Crippen LogP contribution in [0.15, 0.2) is 10.5 Å². The normalized spacial score (nSPS) is 19.9. The molecule has 0 radical (unpaired) electrons. The molecule has 1 saturated heterocycles. The van der Waals surface area contributed by atoms with Crippen LogP contribution in [-0.2, 0) is 0 Å². The van der Waals surface area contributed by atoms with Crippen LogP contribution < -0.4 is 5.32 Å². The molecule has 1 aromatic rings. The highest BCUT2D eigenvalue weighted by Gasteiger charge is 2.25. The van der Waals surface area contributed by atoms with Gasteiger partial charge in [0, 0.05) is 10.0 Å². The minimum Gasteiger partial charge on any atom is -0.307 e. The lowest BCUT2D eigenvalue weighted by Crippen LogP contribution is -2.41. The zero-order valence-electron chi connectivity index (χ0n) is 11.3. The standard InChI is InChI=1S/C15H20BrNO/c1-9-8-10(2)14(16)11(3)13(9)15(18)12-6-4-5-7-17-12/h8,12,17H,4-7H2,1-3H3. The SMILES string of the molecule is Cc1cc(C)c(C(=O)C2CCCCN2)c(C)c1Br. The number of carbonyl (C=O) groups excluding carboxylic acids is 1. The summed E-state index contributed by atoms with van der Waals surface area (Å²) in [7, 11) is 0. The molecule has 1 atom stereocenters. The molecule has 1 aliphatic heterocycles. The largest absolute Gasteiger partial charge is 0.307 e. The monoisotopic (exact) mass is 309 g/mol. The fourth-order valence-electron chi connectivity index (χ4n) is 2.79. The van der Waals surface area contributed by atoms with Crippen molar-refractivity contribution in [2.75, 3.05) is 6.54 Å². The number of carbonyl (C=O) groups is 1. The summed E-state index contributed by atoms with van der Waals surface area (Å²) in [5, 5.41) is 3.34. The van der Waals surface area contributed by atoms with E-state index in [4.69, 9.17) is 0 Å². The number of ketones is 1. The zero-order valence-corrected chi connectivity index (χ0v) is 12.9. The van der Waals surface area contributed by atoms with Gasteiger partial charge in [-0.2, -0.15) is 0 Å². The Hall–Kier alpha value is -0.670. The second-order valence-corrected chi connectivity index (χ2v) is 5.98. The van der Waals surface area contributed by atoms with Crippen LogP contribution in [-0.4, -0.2) is 18.4 Å². The van der Waals surface area contributed by atoms with E-state index in [1.807, 2.05) is 13.8 Å². The van der Waals surface area contributed by atoms with E-state index < -0.39 is 0 Å². The molecule has 1 N–H and O–H groups in total. The molecule has 0 saturated carbocycles. The van der Waals surface area contributed by atoms with Gasteiger partial charge in [0.15, 0.2) is 5.78 Å². The maximum atomic E-state index is 12.6. The number of Topliss-reactive ketones (excluding diaryl/α,β-unsaturated/α-hetero) is 1. The molecule has 1 aliphatic rings. The van der Waals surface area contributed by atoms with Crippen LogP contribution in [0.4, 0.5) is 0 Å². The van der Waals surface area contributed by atoms with Crippen molar-refractivity contribution in [3.63, 3.8) is 0 Å². The highest BCUT2D eigenvalue weighted by molar-refractivity contribution is 9.10. The maximum Gasteiger partial charge on any atom is 0.180 e. The van der Waals surface area contributed by atoms with Gasteiger partial charge < -0.3 is 5.32 Å². The van der Waals surface area contributed by atoms with Gasteiger partial charge in [-0.3, -0.25) is 4.79 Å². The lowest BCUT2D eigenvalue weighted by Gasteiger charge is -2.24. The topological polar surface area (TPSA) is 29.1 Å². The van der Waals surface area contributed by atoms with Gasteiger partial charge in [-0.25, -0.2) is 0 Å². The lowest BCUT2D eigenvalue weighted by molar-refractivity contribution is 0.0926. The summed E-state index contributed by atoms with van der Waals surface area (Å²) in [6, 6.07) is 2.10. The first kappa shape index (κ1) is 13.8. The van der Waals surface area contributed by atoms with Gasteiger partial charge in [-0.1, -0.05) is 28.4 Å². The molecular weight excluding hydrogens is 290 g/mol. The van der Waals surface area contributed by atoms with Crippen molar-refractivity contribution in [3.05, 3.63) is 32.8 Å². The smallest absolute Gasteiger partial charge is 0.180 e. The molecule has 1 unspecified atom stereocenters. The van der Waals surface area contributed by atoms with Crippen LogP contribution in [0.5, 0.6) is 0 Å². The molecule has 0 aromatic heterocycles. The Labute approximate surface area is 117 Å². The fourth-order valence-corrected chi connectivity index (χ4v) is 3.10. The van der Waals surface area contributed by atoms with Crippen LogP contribution in [0.25, 0.3) is 0 Å². The van der Waals surface area contributed by atoms with Crippen molar-refractivity contribution in [1.29, 1.82) is 0 Å². The number of nitrogens with one attached hydrogen (secondary N) is 1. The summed E-state index contributed by atoms with van der Waals surface area (Å²) >= 11 is 3.58. The van der Waals surface area contributed by atoms with E-state index >= 15 is 0 Å². The van der Waals surface area contributed by atoms with Gasteiger partial charge in [0.25, 0.3) is 0 Å². The summed E-state index contributed by atoms with van der Waals surface area (Å²) in [6.45, 7) is 7.08. The van der Waals surface area contributed by atoms with E-state index in [1.165, 1.54) is 12.0 Å². The average molecular weight is 310 g/mol. The molecular formula is C15H20BrNO. The molecule has 2 nitrogen and oxygen atoms in total. The quantitative estimate of drug-likeness (QED) is 0.844. The molecule has 98 valence electrons. The third-order valence-corrected chi connectivity index (χ3v) is 4.97. The highest BCUT2D eigenvalue weighted by Crippen LogP contribution is 2.28. The van der Waals surface area contributed by atoms with Crippen molar-refractivity contribution >= 4 is 21.7 Å². The first-order valence-electron chi connectivity index (χ1n) is 6.56. The van der Waals surface area contributed by atoms with E-state index in [0.29, 0.717) is 0 Å². The molecule has 1 fully saturated rings.